The van der Waals surface area contributed by atoms with E-state index in [9.17, 15) is 0 Å². The van der Waals surface area contributed by atoms with Gasteiger partial charge in [0.2, 0.25) is 0 Å². The van der Waals surface area contributed by atoms with Crippen molar-refractivity contribution < 1.29 is 4.42 Å². The Morgan fingerprint density at radius 2 is 1.83 bits per heavy atom. The third-order valence-electron chi connectivity index (χ3n) is 4.36. The first-order valence-electron chi connectivity index (χ1n) is 7.98. The van der Waals surface area contributed by atoms with Gasteiger partial charge in [-0.15, -0.1) is 0 Å². The molecule has 1 aliphatic heterocycles. The topological polar surface area (TPSA) is 48.3 Å². The summed E-state index contributed by atoms with van der Waals surface area (Å²) in [7, 11) is 0. The molecule has 0 radical (unpaired) electrons. The largest absolute Gasteiger partial charge is 0.464 e. The van der Waals surface area contributed by atoms with Crippen LogP contribution in [-0.4, -0.2) is 41.3 Å². The van der Waals surface area contributed by atoms with Crippen molar-refractivity contribution in [2.24, 2.45) is 0 Å². The molecule has 0 aliphatic carbocycles. The molecule has 1 saturated heterocycles. The summed E-state index contributed by atoms with van der Waals surface area (Å²) in [5.41, 5.74) is 3.58. The van der Waals surface area contributed by atoms with E-state index in [1.807, 2.05) is 24.4 Å². The number of aromatic nitrogens is 2. The molecule has 0 bridgehead atoms. The third-order valence-corrected chi connectivity index (χ3v) is 4.36. The maximum Gasteiger partial charge on any atom is 0.133 e. The van der Waals surface area contributed by atoms with E-state index < -0.39 is 0 Å². The molecule has 0 unspecified atom stereocenters. The van der Waals surface area contributed by atoms with Gasteiger partial charge >= 0.3 is 0 Å². The van der Waals surface area contributed by atoms with E-state index in [1.54, 1.807) is 6.26 Å². The number of piperazine rings is 1. The zero-order valence-electron chi connectivity index (χ0n) is 13.0. The Balaban J connectivity index is 1.36. The average molecular weight is 308 g/mol. The molecule has 1 N–H and O–H groups in total. The number of furan rings is 1. The Morgan fingerprint density at radius 1 is 1.00 bits per heavy atom. The highest BCUT2D eigenvalue weighted by molar-refractivity contribution is 5.62. The Bertz CT molecular complexity index is 711. The van der Waals surface area contributed by atoms with Gasteiger partial charge in [0, 0.05) is 55.9 Å². The van der Waals surface area contributed by atoms with E-state index in [1.165, 1.54) is 11.4 Å². The van der Waals surface area contributed by atoms with Crippen LogP contribution in [0.4, 0.5) is 5.69 Å². The second-order valence-electron chi connectivity index (χ2n) is 5.87. The second-order valence-corrected chi connectivity index (χ2v) is 5.87. The van der Waals surface area contributed by atoms with Crippen LogP contribution in [0.5, 0.6) is 0 Å². The van der Waals surface area contributed by atoms with E-state index >= 15 is 0 Å². The number of nitrogens with one attached hydrogen (secondary N) is 1. The predicted molar refractivity (Wildman–Crippen MR) is 90.2 cm³/mol. The molecule has 4 rings (SSSR count). The van der Waals surface area contributed by atoms with Crippen molar-refractivity contribution in [3.8, 4) is 11.3 Å². The maximum atomic E-state index is 5.44. The molecule has 1 aliphatic rings. The summed E-state index contributed by atoms with van der Waals surface area (Å²) in [6.45, 7) is 5.19. The van der Waals surface area contributed by atoms with Crippen LogP contribution in [0.3, 0.4) is 0 Å². The van der Waals surface area contributed by atoms with E-state index in [0.29, 0.717) is 0 Å². The molecule has 0 atom stereocenters. The molecule has 2 aromatic heterocycles. The molecule has 23 heavy (non-hydrogen) atoms. The minimum absolute atomic E-state index is 0.918. The molecule has 0 saturated carbocycles. The van der Waals surface area contributed by atoms with Gasteiger partial charge in [-0.3, -0.25) is 10.00 Å². The molecule has 5 nitrogen and oxygen atoms in total. The first-order chi connectivity index (χ1) is 11.4. The number of benzene rings is 1. The van der Waals surface area contributed by atoms with Gasteiger partial charge in [0.25, 0.3) is 0 Å². The quantitative estimate of drug-likeness (QED) is 0.805. The maximum absolute atomic E-state index is 5.44. The van der Waals surface area contributed by atoms with Crippen molar-refractivity contribution in [1.29, 1.82) is 0 Å². The highest BCUT2D eigenvalue weighted by atomic mass is 16.3. The molecule has 1 aromatic carbocycles. The fraction of sp³-hybridized carbons (Fsp3) is 0.278. The fourth-order valence-electron chi connectivity index (χ4n) is 3.06. The van der Waals surface area contributed by atoms with Crippen molar-refractivity contribution in [3.63, 3.8) is 0 Å². The standard InChI is InChI=1S/C18H20N4O/c1-2-18(23-13-1)15-3-5-17(6-4-15)22-11-9-21(10-12-22)14-16-7-8-19-20-16/h1-8,13H,9-12,14H2,(H,19,20). The molecular weight excluding hydrogens is 288 g/mol. The zero-order chi connectivity index (χ0) is 15.5. The van der Waals surface area contributed by atoms with Crippen molar-refractivity contribution in [1.82, 2.24) is 15.1 Å². The van der Waals surface area contributed by atoms with Gasteiger partial charge < -0.3 is 9.32 Å². The van der Waals surface area contributed by atoms with Gasteiger partial charge in [-0.25, -0.2) is 0 Å². The van der Waals surface area contributed by atoms with Crippen molar-refractivity contribution in [2.75, 3.05) is 31.1 Å². The molecule has 0 amide bonds. The SMILES string of the molecule is c1coc(-c2ccc(N3CCN(Cc4ccn[nH]4)CC3)cc2)c1. The van der Waals surface area contributed by atoms with Crippen molar-refractivity contribution in [3.05, 3.63) is 60.6 Å². The first-order valence-corrected chi connectivity index (χ1v) is 7.98. The van der Waals surface area contributed by atoms with Crippen LogP contribution in [0.15, 0.2) is 59.3 Å². The van der Waals surface area contributed by atoms with E-state index in [-0.39, 0.29) is 0 Å². The molecule has 3 heterocycles. The van der Waals surface area contributed by atoms with Crippen LogP contribution in [0.25, 0.3) is 11.3 Å². The molecule has 0 spiro atoms. The summed E-state index contributed by atoms with van der Waals surface area (Å²) in [6.07, 6.45) is 3.52. The van der Waals surface area contributed by atoms with Crippen LogP contribution in [-0.2, 0) is 6.54 Å². The molecule has 118 valence electrons. The monoisotopic (exact) mass is 308 g/mol. The second kappa shape index (κ2) is 6.30. The number of nitrogens with zero attached hydrogens (tertiary/aromatic N) is 3. The lowest BCUT2D eigenvalue weighted by atomic mass is 10.1. The van der Waals surface area contributed by atoms with Crippen molar-refractivity contribution >= 4 is 5.69 Å². The summed E-state index contributed by atoms with van der Waals surface area (Å²) in [6, 6.07) is 14.6. The Morgan fingerprint density at radius 3 is 2.48 bits per heavy atom. The van der Waals surface area contributed by atoms with Gasteiger partial charge in [-0.05, 0) is 42.5 Å². The number of hydrogen-bond acceptors (Lipinski definition) is 4. The molecule has 5 heteroatoms. The highest BCUT2D eigenvalue weighted by Crippen LogP contribution is 2.24. The highest BCUT2D eigenvalue weighted by Gasteiger charge is 2.17. The van der Waals surface area contributed by atoms with E-state index in [4.69, 9.17) is 4.42 Å². The third kappa shape index (κ3) is 3.14. The van der Waals surface area contributed by atoms with Gasteiger partial charge in [-0.2, -0.15) is 5.10 Å². The fourth-order valence-corrected chi connectivity index (χ4v) is 3.06. The first kappa shape index (κ1) is 14.1. The van der Waals surface area contributed by atoms with Gasteiger partial charge in [-0.1, -0.05) is 0 Å². The van der Waals surface area contributed by atoms with Crippen LogP contribution in [0, 0.1) is 0 Å². The van der Waals surface area contributed by atoms with Crippen LogP contribution in [0.2, 0.25) is 0 Å². The van der Waals surface area contributed by atoms with Crippen LogP contribution in [0.1, 0.15) is 5.69 Å². The number of rotatable bonds is 4. The van der Waals surface area contributed by atoms with E-state index in [0.717, 1.165) is 44.0 Å². The summed E-state index contributed by atoms with van der Waals surface area (Å²) in [5, 5.41) is 7.04. The zero-order valence-corrected chi connectivity index (χ0v) is 13.0. The number of anilines is 1. The van der Waals surface area contributed by atoms with Gasteiger partial charge in [0.15, 0.2) is 0 Å². The number of hydrogen-bond donors (Lipinski definition) is 1. The Labute approximate surface area is 135 Å². The minimum atomic E-state index is 0.918. The molecular formula is C18H20N4O. The normalized spacial score (nSPS) is 15.9. The van der Waals surface area contributed by atoms with Crippen molar-refractivity contribution in [2.45, 2.75) is 6.54 Å². The van der Waals surface area contributed by atoms with Crippen LogP contribution >= 0.6 is 0 Å². The summed E-state index contributed by atoms with van der Waals surface area (Å²) >= 11 is 0. The Hall–Kier alpha value is -2.53. The van der Waals surface area contributed by atoms with Gasteiger partial charge in [0.05, 0.1) is 6.26 Å². The minimum Gasteiger partial charge on any atom is -0.464 e. The number of aromatic amines is 1. The van der Waals surface area contributed by atoms with Gasteiger partial charge in [0.1, 0.15) is 5.76 Å². The number of H-pyrrole nitrogens is 1. The smallest absolute Gasteiger partial charge is 0.133 e. The van der Waals surface area contributed by atoms with E-state index in [2.05, 4.69) is 44.3 Å². The summed E-state index contributed by atoms with van der Waals surface area (Å²) in [4.78, 5) is 4.90. The lowest BCUT2D eigenvalue weighted by molar-refractivity contribution is 0.247. The predicted octanol–water partition coefficient (Wildman–Crippen LogP) is 2.99. The lowest BCUT2D eigenvalue weighted by Crippen LogP contribution is -2.46. The Kier molecular flexibility index (Phi) is 3.86. The molecule has 1 fully saturated rings. The van der Waals surface area contributed by atoms with Crippen LogP contribution < -0.4 is 4.90 Å². The summed E-state index contributed by atoms with van der Waals surface area (Å²) in [5.74, 6) is 0.918. The summed E-state index contributed by atoms with van der Waals surface area (Å²) < 4.78 is 5.44. The average Bonchev–Trinajstić information content (AvgIpc) is 3.30. The lowest BCUT2D eigenvalue weighted by Gasteiger charge is -2.35. The molecule has 3 aromatic rings.